The van der Waals surface area contributed by atoms with Gasteiger partial charge in [-0.15, -0.1) is 0 Å². The summed E-state index contributed by atoms with van der Waals surface area (Å²) in [5.41, 5.74) is 3.46. The summed E-state index contributed by atoms with van der Waals surface area (Å²) in [6, 6.07) is 12.9. The number of benzene rings is 2. The first kappa shape index (κ1) is 11.2. The van der Waals surface area contributed by atoms with Crippen LogP contribution in [-0.4, -0.2) is 21.0 Å². The highest BCUT2D eigenvalue weighted by atomic mass is 16.4. The molecule has 0 bridgehead atoms. The van der Waals surface area contributed by atoms with Gasteiger partial charge in [-0.05, 0) is 24.3 Å². The summed E-state index contributed by atoms with van der Waals surface area (Å²) in [5.74, 6) is 3.54. The SMILES string of the molecule is O=C(O)C#Cc1cccc2nc3ccccc3nc12. The Labute approximate surface area is 108 Å². The highest BCUT2D eigenvalue weighted by Gasteiger charge is 2.04. The maximum atomic E-state index is 10.5. The van der Waals surface area contributed by atoms with E-state index in [1.165, 1.54) is 0 Å². The van der Waals surface area contributed by atoms with Crippen molar-refractivity contribution >= 4 is 28.0 Å². The summed E-state index contributed by atoms with van der Waals surface area (Å²) >= 11 is 0. The van der Waals surface area contributed by atoms with Gasteiger partial charge in [-0.1, -0.05) is 24.1 Å². The fourth-order valence-corrected chi connectivity index (χ4v) is 1.86. The molecule has 4 nitrogen and oxygen atoms in total. The molecular weight excluding hydrogens is 240 g/mol. The molecule has 2 aromatic carbocycles. The standard InChI is InChI=1S/C15H8N2O2/c18-14(19)9-8-10-4-3-7-13-15(10)17-12-6-2-1-5-11(12)16-13/h1-7H,(H,18,19). The minimum atomic E-state index is -1.16. The number of carboxylic acids is 1. The molecule has 3 aromatic rings. The van der Waals surface area contributed by atoms with Gasteiger partial charge in [0.05, 0.1) is 22.1 Å². The van der Waals surface area contributed by atoms with Crippen LogP contribution in [0.1, 0.15) is 5.56 Å². The lowest BCUT2D eigenvalue weighted by Crippen LogP contribution is -1.91. The first-order valence-corrected chi connectivity index (χ1v) is 5.64. The van der Waals surface area contributed by atoms with Gasteiger partial charge in [-0.25, -0.2) is 14.8 Å². The Hall–Kier alpha value is -2.93. The Morgan fingerprint density at radius 3 is 2.37 bits per heavy atom. The molecule has 0 aliphatic rings. The van der Waals surface area contributed by atoms with Crippen molar-refractivity contribution in [2.45, 2.75) is 0 Å². The molecule has 1 aromatic heterocycles. The van der Waals surface area contributed by atoms with E-state index in [-0.39, 0.29) is 0 Å². The van der Waals surface area contributed by atoms with E-state index in [0.717, 1.165) is 11.0 Å². The van der Waals surface area contributed by atoms with Crippen LogP contribution in [-0.2, 0) is 4.79 Å². The molecule has 0 aliphatic heterocycles. The summed E-state index contributed by atoms with van der Waals surface area (Å²) in [6.45, 7) is 0. The monoisotopic (exact) mass is 248 g/mol. The molecule has 0 amide bonds. The van der Waals surface area contributed by atoms with E-state index in [0.29, 0.717) is 16.6 Å². The molecule has 4 heteroatoms. The van der Waals surface area contributed by atoms with Crippen LogP contribution in [0.4, 0.5) is 0 Å². The minimum absolute atomic E-state index is 0.568. The summed E-state index contributed by atoms with van der Waals surface area (Å²) in [4.78, 5) is 19.5. The van der Waals surface area contributed by atoms with Crippen LogP contribution in [0, 0.1) is 11.8 Å². The Bertz CT molecular complexity index is 860. The lowest BCUT2D eigenvalue weighted by atomic mass is 10.1. The molecule has 0 saturated carbocycles. The second-order valence-corrected chi connectivity index (χ2v) is 3.94. The van der Waals surface area contributed by atoms with Crippen LogP contribution < -0.4 is 0 Å². The number of nitrogens with zero attached hydrogens (tertiary/aromatic N) is 2. The smallest absolute Gasteiger partial charge is 0.382 e. The molecule has 0 atom stereocenters. The summed E-state index contributed by atoms with van der Waals surface area (Å²) in [7, 11) is 0. The molecular formula is C15H8N2O2. The lowest BCUT2D eigenvalue weighted by molar-refractivity contribution is -0.130. The fourth-order valence-electron chi connectivity index (χ4n) is 1.86. The zero-order valence-electron chi connectivity index (χ0n) is 9.79. The molecule has 0 radical (unpaired) electrons. The van der Waals surface area contributed by atoms with Crippen LogP contribution in [0.2, 0.25) is 0 Å². The van der Waals surface area contributed by atoms with Crippen LogP contribution in [0.5, 0.6) is 0 Å². The summed E-state index contributed by atoms with van der Waals surface area (Å²) in [5, 5.41) is 8.61. The normalized spacial score (nSPS) is 10.1. The van der Waals surface area contributed by atoms with Gasteiger partial charge in [-0.2, -0.15) is 0 Å². The Kier molecular flexibility index (Phi) is 2.58. The average molecular weight is 248 g/mol. The van der Waals surface area contributed by atoms with E-state index >= 15 is 0 Å². The molecule has 3 rings (SSSR count). The average Bonchev–Trinajstić information content (AvgIpc) is 2.42. The van der Waals surface area contributed by atoms with Crippen molar-refractivity contribution in [1.82, 2.24) is 9.97 Å². The predicted molar refractivity (Wildman–Crippen MR) is 71.6 cm³/mol. The van der Waals surface area contributed by atoms with Crippen molar-refractivity contribution in [3.8, 4) is 11.8 Å². The largest absolute Gasteiger partial charge is 0.472 e. The van der Waals surface area contributed by atoms with E-state index in [2.05, 4.69) is 21.8 Å². The molecule has 0 aliphatic carbocycles. The maximum Gasteiger partial charge on any atom is 0.382 e. The number of hydrogen-bond donors (Lipinski definition) is 1. The van der Waals surface area contributed by atoms with Crippen molar-refractivity contribution in [3.63, 3.8) is 0 Å². The van der Waals surface area contributed by atoms with Crippen molar-refractivity contribution in [3.05, 3.63) is 48.0 Å². The Balaban J connectivity index is 2.33. The van der Waals surface area contributed by atoms with Gasteiger partial charge < -0.3 is 5.11 Å². The molecule has 0 saturated heterocycles. The third kappa shape index (κ3) is 2.09. The first-order valence-electron chi connectivity index (χ1n) is 5.64. The highest BCUT2D eigenvalue weighted by Crippen LogP contribution is 2.18. The topological polar surface area (TPSA) is 63.1 Å². The minimum Gasteiger partial charge on any atom is -0.472 e. The van der Waals surface area contributed by atoms with Crippen LogP contribution >= 0.6 is 0 Å². The Morgan fingerprint density at radius 1 is 0.947 bits per heavy atom. The summed E-state index contributed by atoms with van der Waals surface area (Å²) < 4.78 is 0. The number of carbonyl (C=O) groups is 1. The van der Waals surface area contributed by atoms with Gasteiger partial charge in [0, 0.05) is 5.92 Å². The summed E-state index contributed by atoms with van der Waals surface area (Å²) in [6.07, 6.45) is 0. The molecule has 19 heavy (non-hydrogen) atoms. The zero-order valence-corrected chi connectivity index (χ0v) is 9.79. The number of rotatable bonds is 0. The van der Waals surface area contributed by atoms with Crippen molar-refractivity contribution in [2.24, 2.45) is 0 Å². The van der Waals surface area contributed by atoms with Crippen LogP contribution in [0.15, 0.2) is 42.5 Å². The predicted octanol–water partition coefficient (Wildman–Crippen LogP) is 2.22. The third-order valence-electron chi connectivity index (χ3n) is 2.67. The van der Waals surface area contributed by atoms with Crippen LogP contribution in [0.25, 0.3) is 22.1 Å². The van der Waals surface area contributed by atoms with E-state index < -0.39 is 5.97 Å². The molecule has 0 unspecified atom stereocenters. The number of aliphatic carboxylic acids is 1. The highest BCUT2D eigenvalue weighted by molar-refractivity contribution is 5.92. The van der Waals surface area contributed by atoms with Gasteiger partial charge in [0.1, 0.15) is 5.52 Å². The second kappa shape index (κ2) is 4.39. The lowest BCUT2D eigenvalue weighted by Gasteiger charge is -2.02. The third-order valence-corrected chi connectivity index (χ3v) is 2.67. The number of carboxylic acid groups (broad SMARTS) is 1. The molecule has 90 valence electrons. The molecule has 1 heterocycles. The Morgan fingerprint density at radius 2 is 1.63 bits per heavy atom. The van der Waals surface area contributed by atoms with Gasteiger partial charge >= 0.3 is 5.97 Å². The molecule has 1 N–H and O–H groups in total. The molecule has 0 spiro atoms. The van der Waals surface area contributed by atoms with Gasteiger partial charge in [0.25, 0.3) is 0 Å². The quantitative estimate of drug-likeness (QED) is 0.489. The van der Waals surface area contributed by atoms with Gasteiger partial charge in [0.15, 0.2) is 0 Å². The van der Waals surface area contributed by atoms with E-state index in [1.54, 1.807) is 12.1 Å². The number of aromatic nitrogens is 2. The second-order valence-electron chi connectivity index (χ2n) is 3.94. The van der Waals surface area contributed by atoms with E-state index in [9.17, 15) is 4.79 Å². The van der Waals surface area contributed by atoms with Gasteiger partial charge in [0.2, 0.25) is 0 Å². The zero-order chi connectivity index (χ0) is 13.2. The number of hydrogen-bond acceptors (Lipinski definition) is 3. The van der Waals surface area contributed by atoms with Crippen molar-refractivity contribution in [2.75, 3.05) is 0 Å². The molecule has 0 fully saturated rings. The van der Waals surface area contributed by atoms with E-state index in [1.807, 2.05) is 30.3 Å². The maximum absolute atomic E-state index is 10.5. The van der Waals surface area contributed by atoms with E-state index in [4.69, 9.17) is 5.11 Å². The van der Waals surface area contributed by atoms with Crippen LogP contribution in [0.3, 0.4) is 0 Å². The fraction of sp³-hybridized carbons (Fsp3) is 0. The van der Waals surface area contributed by atoms with Crippen molar-refractivity contribution < 1.29 is 9.90 Å². The van der Waals surface area contributed by atoms with Crippen molar-refractivity contribution in [1.29, 1.82) is 0 Å². The number of para-hydroxylation sites is 3. The number of fused-ring (bicyclic) bond motifs is 2. The first-order chi connectivity index (χ1) is 9.24. The van der Waals surface area contributed by atoms with Gasteiger partial charge in [-0.3, -0.25) is 0 Å².